The van der Waals surface area contributed by atoms with Gasteiger partial charge in [0.1, 0.15) is 0 Å². The number of carbonyl (C=O) groups is 1. The number of anilines is 1. The zero-order valence-electron chi connectivity index (χ0n) is 14.6. The van der Waals surface area contributed by atoms with E-state index in [1.165, 1.54) is 12.8 Å². The first-order chi connectivity index (χ1) is 12.1. The second-order valence-corrected chi connectivity index (χ2v) is 7.65. The number of aromatic nitrogens is 2. The molecule has 1 saturated carbocycles. The normalized spacial score (nSPS) is 26.5. The van der Waals surface area contributed by atoms with Gasteiger partial charge >= 0.3 is 0 Å². The summed E-state index contributed by atoms with van der Waals surface area (Å²) in [5.74, 6) is 1.07. The summed E-state index contributed by atoms with van der Waals surface area (Å²) in [6, 6.07) is 0. The molecule has 3 aliphatic rings. The Balaban J connectivity index is 1.43. The van der Waals surface area contributed by atoms with Gasteiger partial charge in [-0.05, 0) is 19.3 Å². The summed E-state index contributed by atoms with van der Waals surface area (Å²) in [4.78, 5) is 35.3. The number of fused-ring (bicyclic) bond motifs is 1. The molecule has 0 bridgehead atoms. The van der Waals surface area contributed by atoms with Gasteiger partial charge in [0, 0.05) is 43.9 Å². The van der Waals surface area contributed by atoms with E-state index in [1.54, 1.807) is 6.92 Å². The molecule has 1 aromatic heterocycles. The maximum atomic E-state index is 13.7. The average Bonchev–Trinajstić information content (AvgIpc) is 3.32. The molecule has 25 heavy (non-hydrogen) atoms. The Morgan fingerprint density at radius 2 is 1.84 bits per heavy atom. The van der Waals surface area contributed by atoms with Gasteiger partial charge < -0.3 is 9.80 Å². The fraction of sp³-hybridized carbons (Fsp3) is 0.722. The first-order valence-electron chi connectivity index (χ1n) is 9.39. The first kappa shape index (κ1) is 16.5. The number of H-pyrrole nitrogens is 1. The molecular formula is C18H25FN4O2. The highest BCUT2D eigenvalue weighted by molar-refractivity contribution is 5.79. The Bertz CT molecular complexity index is 714. The number of nitrogens with zero attached hydrogens (tertiary/aromatic N) is 3. The summed E-state index contributed by atoms with van der Waals surface area (Å²) in [5.41, 5.74) is -0.481. The lowest BCUT2D eigenvalue weighted by Gasteiger charge is -2.24. The standard InChI is InChI=1S/C18H25FN4O2/c1-2-14-15(19)16(24)21-18(20-14)23-9-12-7-22(8-13(12)10-23)17(25)11-5-3-4-6-11/h11-13H,2-10H2,1H3,(H,20,21,24). The number of aryl methyl sites for hydroxylation is 1. The molecule has 2 aliphatic heterocycles. The van der Waals surface area contributed by atoms with Crippen molar-refractivity contribution in [3.8, 4) is 0 Å². The molecule has 3 heterocycles. The average molecular weight is 348 g/mol. The maximum Gasteiger partial charge on any atom is 0.288 e. The van der Waals surface area contributed by atoms with E-state index in [4.69, 9.17) is 0 Å². The van der Waals surface area contributed by atoms with E-state index in [2.05, 4.69) is 9.97 Å². The van der Waals surface area contributed by atoms with E-state index in [0.29, 0.717) is 30.1 Å². The second-order valence-electron chi connectivity index (χ2n) is 7.65. The fourth-order valence-corrected chi connectivity index (χ4v) is 4.65. The second kappa shape index (κ2) is 6.42. The summed E-state index contributed by atoms with van der Waals surface area (Å²) in [7, 11) is 0. The Kier molecular flexibility index (Phi) is 4.25. The molecule has 2 saturated heterocycles. The zero-order valence-corrected chi connectivity index (χ0v) is 14.6. The third-order valence-electron chi connectivity index (χ3n) is 6.06. The van der Waals surface area contributed by atoms with E-state index in [0.717, 1.165) is 39.0 Å². The van der Waals surface area contributed by atoms with Gasteiger partial charge in [0.25, 0.3) is 5.56 Å². The van der Waals surface area contributed by atoms with E-state index in [1.807, 2.05) is 9.80 Å². The molecule has 1 aliphatic carbocycles. The predicted octanol–water partition coefficient (Wildman–Crippen LogP) is 1.56. The van der Waals surface area contributed by atoms with Gasteiger partial charge in [-0.2, -0.15) is 4.39 Å². The van der Waals surface area contributed by atoms with Crippen LogP contribution in [0.4, 0.5) is 10.3 Å². The Morgan fingerprint density at radius 3 is 2.44 bits per heavy atom. The Labute approximate surface area is 146 Å². The van der Waals surface area contributed by atoms with Crippen LogP contribution in [0.1, 0.15) is 38.3 Å². The Morgan fingerprint density at radius 1 is 1.20 bits per heavy atom. The van der Waals surface area contributed by atoms with Crippen LogP contribution in [0.25, 0.3) is 0 Å². The molecular weight excluding hydrogens is 323 g/mol. The lowest BCUT2D eigenvalue weighted by molar-refractivity contribution is -0.134. The molecule has 1 aromatic rings. The van der Waals surface area contributed by atoms with Gasteiger partial charge in [0.2, 0.25) is 17.7 Å². The number of hydrogen-bond acceptors (Lipinski definition) is 4. The van der Waals surface area contributed by atoms with Crippen LogP contribution < -0.4 is 10.5 Å². The first-order valence-corrected chi connectivity index (χ1v) is 9.39. The van der Waals surface area contributed by atoms with Crippen LogP contribution in [0.15, 0.2) is 4.79 Å². The molecule has 1 amide bonds. The molecule has 2 unspecified atom stereocenters. The van der Waals surface area contributed by atoms with Crippen LogP contribution in [-0.4, -0.2) is 47.0 Å². The highest BCUT2D eigenvalue weighted by Gasteiger charge is 2.43. The monoisotopic (exact) mass is 348 g/mol. The van der Waals surface area contributed by atoms with Gasteiger partial charge in [-0.25, -0.2) is 4.98 Å². The van der Waals surface area contributed by atoms with Gasteiger partial charge in [-0.1, -0.05) is 19.8 Å². The number of aromatic amines is 1. The third kappa shape index (κ3) is 2.93. The lowest BCUT2D eigenvalue weighted by atomic mass is 10.0. The number of hydrogen-bond donors (Lipinski definition) is 1. The minimum atomic E-state index is -0.779. The number of halogens is 1. The zero-order chi connectivity index (χ0) is 17.6. The van der Waals surface area contributed by atoms with Crippen LogP contribution in [0.5, 0.6) is 0 Å². The van der Waals surface area contributed by atoms with Gasteiger partial charge in [-0.3, -0.25) is 14.6 Å². The van der Waals surface area contributed by atoms with Gasteiger partial charge in [0.05, 0.1) is 5.69 Å². The minimum absolute atomic E-state index is 0.217. The largest absolute Gasteiger partial charge is 0.342 e. The number of rotatable bonds is 3. The quantitative estimate of drug-likeness (QED) is 0.900. The van der Waals surface area contributed by atoms with E-state index < -0.39 is 11.4 Å². The van der Waals surface area contributed by atoms with Crippen LogP contribution in [0.3, 0.4) is 0 Å². The van der Waals surface area contributed by atoms with Crippen LogP contribution in [-0.2, 0) is 11.2 Å². The summed E-state index contributed by atoms with van der Waals surface area (Å²) in [5, 5.41) is 0. The van der Waals surface area contributed by atoms with Crippen LogP contribution in [0.2, 0.25) is 0 Å². The molecule has 2 atom stereocenters. The highest BCUT2D eigenvalue weighted by atomic mass is 19.1. The molecule has 6 nitrogen and oxygen atoms in total. The molecule has 0 aromatic carbocycles. The fourth-order valence-electron chi connectivity index (χ4n) is 4.65. The SMILES string of the molecule is CCc1nc(N2CC3CN(C(=O)C4CCCC4)CC3C2)[nH]c(=O)c1F. The minimum Gasteiger partial charge on any atom is -0.342 e. The Hall–Kier alpha value is -1.92. The van der Waals surface area contributed by atoms with Gasteiger partial charge in [0.15, 0.2) is 0 Å². The number of nitrogens with one attached hydrogen (secondary N) is 1. The molecule has 3 fully saturated rings. The van der Waals surface area contributed by atoms with Crippen molar-refractivity contribution in [3.05, 3.63) is 21.9 Å². The van der Waals surface area contributed by atoms with E-state index >= 15 is 0 Å². The number of likely N-dealkylation sites (tertiary alicyclic amines) is 1. The smallest absolute Gasteiger partial charge is 0.288 e. The highest BCUT2D eigenvalue weighted by Crippen LogP contribution is 2.35. The van der Waals surface area contributed by atoms with Crippen LogP contribution >= 0.6 is 0 Å². The van der Waals surface area contributed by atoms with Crippen molar-refractivity contribution >= 4 is 11.9 Å². The topological polar surface area (TPSA) is 69.3 Å². The maximum absolute atomic E-state index is 13.7. The molecule has 0 spiro atoms. The molecule has 4 rings (SSSR count). The van der Waals surface area contributed by atoms with Crippen molar-refractivity contribution in [3.63, 3.8) is 0 Å². The summed E-state index contributed by atoms with van der Waals surface area (Å²) < 4.78 is 13.7. The van der Waals surface area contributed by atoms with Gasteiger partial charge in [-0.15, -0.1) is 0 Å². The number of amides is 1. The molecule has 136 valence electrons. The predicted molar refractivity (Wildman–Crippen MR) is 91.9 cm³/mol. The lowest BCUT2D eigenvalue weighted by Crippen LogP contribution is -2.37. The van der Waals surface area contributed by atoms with Crippen LogP contribution in [0, 0.1) is 23.6 Å². The third-order valence-corrected chi connectivity index (χ3v) is 6.06. The van der Waals surface area contributed by atoms with Crippen molar-refractivity contribution in [2.45, 2.75) is 39.0 Å². The van der Waals surface area contributed by atoms with Crippen molar-refractivity contribution in [1.82, 2.24) is 14.9 Å². The summed E-state index contributed by atoms with van der Waals surface area (Å²) in [6.07, 6.45) is 4.82. The van der Waals surface area contributed by atoms with Crippen molar-refractivity contribution in [2.24, 2.45) is 17.8 Å². The van der Waals surface area contributed by atoms with Crippen molar-refractivity contribution in [2.75, 3.05) is 31.1 Å². The van der Waals surface area contributed by atoms with E-state index in [-0.39, 0.29) is 11.6 Å². The summed E-state index contributed by atoms with van der Waals surface area (Å²) >= 11 is 0. The molecule has 0 radical (unpaired) electrons. The molecule has 7 heteroatoms. The molecule has 1 N–H and O–H groups in total. The summed E-state index contributed by atoms with van der Waals surface area (Å²) in [6.45, 7) is 4.90. The van der Waals surface area contributed by atoms with E-state index in [9.17, 15) is 14.0 Å². The van der Waals surface area contributed by atoms with Crippen molar-refractivity contribution in [1.29, 1.82) is 0 Å². The number of carbonyl (C=O) groups excluding carboxylic acids is 1. The van der Waals surface area contributed by atoms with Crippen molar-refractivity contribution < 1.29 is 9.18 Å².